The lowest BCUT2D eigenvalue weighted by Gasteiger charge is -2.17. The third kappa shape index (κ3) is 2.59. The Morgan fingerprint density at radius 2 is 1.88 bits per heavy atom. The number of ether oxygens (including phenoxy) is 2. The van der Waals surface area contributed by atoms with E-state index in [9.17, 15) is 5.11 Å². The molecular formula is C12H17NO3. The van der Waals surface area contributed by atoms with Crippen LogP contribution in [0.1, 0.15) is 11.9 Å². The summed E-state index contributed by atoms with van der Waals surface area (Å²) < 4.78 is 11.1. The predicted molar refractivity (Wildman–Crippen MR) is 59.9 cm³/mol. The van der Waals surface area contributed by atoms with Gasteiger partial charge in [-0.1, -0.05) is 30.3 Å². The minimum Gasteiger partial charge on any atom is -0.389 e. The van der Waals surface area contributed by atoms with Crippen LogP contribution >= 0.6 is 0 Å². The van der Waals surface area contributed by atoms with Gasteiger partial charge in [0.05, 0.1) is 25.4 Å². The molecule has 1 heterocycles. The van der Waals surface area contributed by atoms with E-state index in [1.807, 2.05) is 30.3 Å². The van der Waals surface area contributed by atoms with Gasteiger partial charge in [-0.05, 0) is 7.05 Å². The van der Waals surface area contributed by atoms with Crippen LogP contribution in [0.2, 0.25) is 0 Å². The van der Waals surface area contributed by atoms with Crippen molar-refractivity contribution in [2.24, 2.45) is 0 Å². The maximum Gasteiger partial charge on any atom is 0.184 e. The number of nitrogens with one attached hydrogen (secondary N) is 1. The molecule has 3 atom stereocenters. The molecule has 1 fully saturated rings. The van der Waals surface area contributed by atoms with Crippen LogP contribution in [-0.4, -0.2) is 37.5 Å². The SMILES string of the molecule is CNC1COC(c2ccccc2)OCC1O. The Labute approximate surface area is 95.2 Å². The van der Waals surface area contributed by atoms with Crippen molar-refractivity contribution in [2.45, 2.75) is 18.4 Å². The summed E-state index contributed by atoms with van der Waals surface area (Å²) in [7, 11) is 1.81. The van der Waals surface area contributed by atoms with Gasteiger partial charge in [0.2, 0.25) is 0 Å². The van der Waals surface area contributed by atoms with Gasteiger partial charge in [-0.15, -0.1) is 0 Å². The zero-order chi connectivity index (χ0) is 11.4. The second kappa shape index (κ2) is 5.41. The van der Waals surface area contributed by atoms with E-state index in [1.54, 1.807) is 7.05 Å². The molecule has 0 saturated carbocycles. The van der Waals surface area contributed by atoms with Gasteiger partial charge in [0, 0.05) is 5.56 Å². The minimum atomic E-state index is -0.529. The van der Waals surface area contributed by atoms with Crippen molar-refractivity contribution in [3.05, 3.63) is 35.9 Å². The number of hydrogen-bond acceptors (Lipinski definition) is 4. The lowest BCUT2D eigenvalue weighted by Crippen LogP contribution is -2.41. The van der Waals surface area contributed by atoms with Gasteiger partial charge in [0.15, 0.2) is 6.29 Å². The van der Waals surface area contributed by atoms with Crippen molar-refractivity contribution in [1.82, 2.24) is 5.32 Å². The number of aliphatic hydroxyl groups is 1. The monoisotopic (exact) mass is 223 g/mol. The Morgan fingerprint density at radius 3 is 2.56 bits per heavy atom. The van der Waals surface area contributed by atoms with Crippen LogP contribution in [0.15, 0.2) is 30.3 Å². The normalized spacial score (nSPS) is 31.0. The molecule has 2 N–H and O–H groups in total. The topological polar surface area (TPSA) is 50.7 Å². The highest BCUT2D eigenvalue weighted by atomic mass is 16.7. The lowest BCUT2D eigenvalue weighted by molar-refractivity contribution is -0.136. The maximum absolute atomic E-state index is 9.75. The summed E-state index contributed by atoms with van der Waals surface area (Å²) in [5, 5.41) is 12.8. The summed E-state index contributed by atoms with van der Waals surface area (Å²) in [4.78, 5) is 0. The second-order valence-corrected chi connectivity index (χ2v) is 3.87. The first-order valence-electron chi connectivity index (χ1n) is 5.44. The summed E-state index contributed by atoms with van der Waals surface area (Å²) in [5.41, 5.74) is 0.978. The quantitative estimate of drug-likeness (QED) is 0.774. The number of rotatable bonds is 2. The van der Waals surface area contributed by atoms with E-state index in [0.29, 0.717) is 6.61 Å². The Kier molecular flexibility index (Phi) is 3.90. The molecule has 0 aliphatic carbocycles. The Balaban J connectivity index is 2.04. The third-order valence-electron chi connectivity index (χ3n) is 2.75. The minimum absolute atomic E-state index is 0.0753. The van der Waals surface area contributed by atoms with Crippen LogP contribution in [0.5, 0.6) is 0 Å². The molecule has 1 aromatic rings. The number of aliphatic hydroxyl groups excluding tert-OH is 1. The van der Waals surface area contributed by atoms with Gasteiger partial charge >= 0.3 is 0 Å². The molecule has 1 aliphatic heterocycles. The van der Waals surface area contributed by atoms with Crippen LogP contribution in [-0.2, 0) is 9.47 Å². The Bertz CT molecular complexity index is 317. The molecule has 0 amide bonds. The summed E-state index contributed by atoms with van der Waals surface area (Å²) in [6.07, 6.45) is -0.909. The molecule has 1 saturated heterocycles. The van der Waals surface area contributed by atoms with E-state index in [1.165, 1.54) is 0 Å². The molecule has 2 rings (SSSR count). The van der Waals surface area contributed by atoms with Crippen LogP contribution in [0, 0.1) is 0 Å². The van der Waals surface area contributed by atoms with Crippen LogP contribution < -0.4 is 5.32 Å². The molecular weight excluding hydrogens is 206 g/mol. The van der Waals surface area contributed by atoms with E-state index >= 15 is 0 Å². The van der Waals surface area contributed by atoms with E-state index in [-0.39, 0.29) is 18.9 Å². The van der Waals surface area contributed by atoms with Crippen molar-refractivity contribution in [3.63, 3.8) is 0 Å². The van der Waals surface area contributed by atoms with Crippen molar-refractivity contribution < 1.29 is 14.6 Å². The fourth-order valence-electron chi connectivity index (χ4n) is 1.73. The largest absolute Gasteiger partial charge is 0.389 e. The van der Waals surface area contributed by atoms with Crippen LogP contribution in [0.25, 0.3) is 0 Å². The molecule has 4 heteroatoms. The molecule has 0 aromatic heterocycles. The average molecular weight is 223 g/mol. The van der Waals surface area contributed by atoms with E-state index < -0.39 is 6.10 Å². The molecule has 16 heavy (non-hydrogen) atoms. The van der Waals surface area contributed by atoms with E-state index in [4.69, 9.17) is 9.47 Å². The molecule has 1 aliphatic rings. The Hall–Kier alpha value is -0.940. The zero-order valence-electron chi connectivity index (χ0n) is 9.30. The van der Waals surface area contributed by atoms with Crippen molar-refractivity contribution in [3.8, 4) is 0 Å². The molecule has 1 aromatic carbocycles. The number of hydrogen-bond donors (Lipinski definition) is 2. The fourth-order valence-corrected chi connectivity index (χ4v) is 1.73. The van der Waals surface area contributed by atoms with Crippen molar-refractivity contribution in [2.75, 3.05) is 20.3 Å². The van der Waals surface area contributed by atoms with Gasteiger partial charge in [-0.25, -0.2) is 0 Å². The fraction of sp³-hybridized carbons (Fsp3) is 0.500. The molecule has 0 bridgehead atoms. The standard InChI is InChI=1S/C12H17NO3/c1-13-10-7-15-12(16-8-11(10)14)9-5-3-2-4-6-9/h2-6,10-14H,7-8H2,1H3. The molecule has 4 nitrogen and oxygen atoms in total. The van der Waals surface area contributed by atoms with E-state index in [0.717, 1.165) is 5.56 Å². The number of likely N-dealkylation sites (N-methyl/N-ethyl adjacent to an activating group) is 1. The molecule has 3 unspecified atom stereocenters. The van der Waals surface area contributed by atoms with E-state index in [2.05, 4.69) is 5.32 Å². The smallest absolute Gasteiger partial charge is 0.184 e. The van der Waals surface area contributed by atoms with Crippen molar-refractivity contribution in [1.29, 1.82) is 0 Å². The highest BCUT2D eigenvalue weighted by molar-refractivity contribution is 5.16. The van der Waals surface area contributed by atoms with Gasteiger partial charge in [0.25, 0.3) is 0 Å². The Morgan fingerprint density at radius 1 is 1.19 bits per heavy atom. The second-order valence-electron chi connectivity index (χ2n) is 3.87. The zero-order valence-corrected chi connectivity index (χ0v) is 9.30. The predicted octanol–water partition coefficient (Wildman–Crippen LogP) is 0.681. The highest BCUT2D eigenvalue weighted by Crippen LogP contribution is 2.22. The summed E-state index contributed by atoms with van der Waals surface area (Å²) in [6, 6.07) is 9.67. The van der Waals surface area contributed by atoms with Crippen LogP contribution in [0.3, 0.4) is 0 Å². The molecule has 0 radical (unpaired) electrons. The third-order valence-corrected chi connectivity index (χ3v) is 2.75. The summed E-state index contributed by atoms with van der Waals surface area (Å²) >= 11 is 0. The number of benzene rings is 1. The van der Waals surface area contributed by atoms with Gasteiger partial charge in [-0.2, -0.15) is 0 Å². The first kappa shape index (κ1) is 11.5. The van der Waals surface area contributed by atoms with Crippen molar-refractivity contribution >= 4 is 0 Å². The van der Waals surface area contributed by atoms with Gasteiger partial charge < -0.3 is 19.9 Å². The maximum atomic E-state index is 9.75. The van der Waals surface area contributed by atoms with Gasteiger partial charge in [-0.3, -0.25) is 0 Å². The lowest BCUT2D eigenvalue weighted by atomic mass is 10.2. The molecule has 0 spiro atoms. The average Bonchev–Trinajstić information content (AvgIpc) is 2.52. The summed E-state index contributed by atoms with van der Waals surface area (Å²) in [5.74, 6) is 0. The first-order valence-corrected chi connectivity index (χ1v) is 5.44. The van der Waals surface area contributed by atoms with Crippen LogP contribution in [0.4, 0.5) is 0 Å². The highest BCUT2D eigenvalue weighted by Gasteiger charge is 2.26. The first-order chi connectivity index (χ1) is 7.81. The van der Waals surface area contributed by atoms with Gasteiger partial charge in [0.1, 0.15) is 0 Å². The molecule has 88 valence electrons. The summed E-state index contributed by atoms with van der Waals surface area (Å²) in [6.45, 7) is 0.724.